The summed E-state index contributed by atoms with van der Waals surface area (Å²) in [6.07, 6.45) is -1.26. The van der Waals surface area contributed by atoms with E-state index in [1.807, 2.05) is 0 Å². The van der Waals surface area contributed by atoms with E-state index in [2.05, 4.69) is 9.26 Å². The van der Waals surface area contributed by atoms with Crippen LogP contribution in [0.25, 0.3) is 0 Å². The highest BCUT2D eigenvalue weighted by Crippen LogP contribution is 2.42. The molecule has 0 aromatic heterocycles. The fourth-order valence-electron chi connectivity index (χ4n) is 0.844. The minimum atomic E-state index is -3.71. The molecule has 0 saturated heterocycles. The second-order valence-electron chi connectivity index (χ2n) is 3.81. The average Bonchev–Trinajstić information content (AvgIpc) is 1.73. The molecule has 7 heteroatoms. The lowest BCUT2D eigenvalue weighted by Crippen LogP contribution is -2.31. The summed E-state index contributed by atoms with van der Waals surface area (Å²) in [4.78, 5) is 20.0. The summed E-state index contributed by atoms with van der Waals surface area (Å²) in [5, 5.41) is 0. The Bertz CT molecular complexity index is 266. The minimum absolute atomic E-state index is 0.323. The first-order valence-corrected chi connectivity index (χ1v) is 6.45. The second kappa shape index (κ2) is 4.96. The minimum Gasteiger partial charge on any atom is -0.432 e. The van der Waals surface area contributed by atoms with Crippen LogP contribution in [-0.4, -0.2) is 29.6 Å². The molecule has 1 atom stereocenters. The average molecular weight is 240 g/mol. The van der Waals surface area contributed by atoms with Crippen molar-refractivity contribution in [2.75, 3.05) is 6.66 Å². The Balaban J connectivity index is 4.26. The van der Waals surface area contributed by atoms with Gasteiger partial charge >= 0.3 is 13.8 Å². The van der Waals surface area contributed by atoms with E-state index >= 15 is 0 Å². The number of rotatable bonds is 4. The SMILES string of the molecule is CC(C)OC(=O)OC(C)(C)OP(C)(=O)O. The van der Waals surface area contributed by atoms with Crippen molar-refractivity contribution in [2.24, 2.45) is 0 Å². The molecule has 0 aromatic carbocycles. The van der Waals surface area contributed by atoms with Gasteiger partial charge in [0.1, 0.15) is 0 Å². The molecule has 1 N–H and O–H groups in total. The molecule has 0 aliphatic carbocycles. The highest BCUT2D eigenvalue weighted by atomic mass is 31.2. The summed E-state index contributed by atoms with van der Waals surface area (Å²) < 4.78 is 25.0. The molecule has 0 fully saturated rings. The van der Waals surface area contributed by atoms with Gasteiger partial charge in [-0.25, -0.2) is 4.79 Å². The van der Waals surface area contributed by atoms with E-state index in [0.717, 1.165) is 6.66 Å². The maximum atomic E-state index is 11.1. The van der Waals surface area contributed by atoms with Gasteiger partial charge in [0.2, 0.25) is 5.79 Å². The highest BCUT2D eigenvalue weighted by molar-refractivity contribution is 7.51. The van der Waals surface area contributed by atoms with Gasteiger partial charge in [-0.2, -0.15) is 0 Å². The van der Waals surface area contributed by atoms with Crippen molar-refractivity contribution in [3.05, 3.63) is 0 Å². The number of carbonyl (C=O) groups is 1. The normalized spacial score (nSPS) is 15.9. The highest BCUT2D eigenvalue weighted by Gasteiger charge is 2.31. The standard InChI is InChI=1S/C8H17O6P/c1-6(2)12-7(9)13-8(3,4)14-15(5,10)11/h6H,1-5H3,(H,10,11). The van der Waals surface area contributed by atoms with Gasteiger partial charge < -0.3 is 14.4 Å². The van der Waals surface area contributed by atoms with Crippen LogP contribution in [-0.2, 0) is 18.6 Å². The summed E-state index contributed by atoms with van der Waals surface area (Å²) in [6, 6.07) is 0. The molecule has 0 bridgehead atoms. The molecule has 0 saturated carbocycles. The molecule has 0 rings (SSSR count). The first kappa shape index (κ1) is 14.4. The van der Waals surface area contributed by atoms with Gasteiger partial charge in [-0.1, -0.05) is 0 Å². The molecular formula is C8H17O6P. The molecule has 15 heavy (non-hydrogen) atoms. The molecule has 0 amide bonds. The Labute approximate surface area is 89.1 Å². The van der Waals surface area contributed by atoms with Gasteiger partial charge in [0.25, 0.3) is 0 Å². The third kappa shape index (κ3) is 8.42. The van der Waals surface area contributed by atoms with Crippen molar-refractivity contribution in [1.29, 1.82) is 0 Å². The summed E-state index contributed by atoms with van der Waals surface area (Å²) in [7, 11) is -3.71. The molecule has 0 aromatic rings. The van der Waals surface area contributed by atoms with E-state index in [1.165, 1.54) is 13.8 Å². The molecule has 0 spiro atoms. The van der Waals surface area contributed by atoms with Crippen molar-refractivity contribution in [3.63, 3.8) is 0 Å². The molecule has 6 nitrogen and oxygen atoms in total. The third-order valence-corrected chi connectivity index (χ3v) is 1.83. The van der Waals surface area contributed by atoms with E-state index in [1.54, 1.807) is 13.8 Å². The molecule has 0 heterocycles. The van der Waals surface area contributed by atoms with Crippen LogP contribution in [0.5, 0.6) is 0 Å². The van der Waals surface area contributed by atoms with Crippen molar-refractivity contribution >= 4 is 13.8 Å². The lowest BCUT2D eigenvalue weighted by atomic mass is 10.4. The van der Waals surface area contributed by atoms with E-state index in [-0.39, 0.29) is 6.10 Å². The van der Waals surface area contributed by atoms with Gasteiger partial charge in [-0.15, -0.1) is 0 Å². The van der Waals surface area contributed by atoms with Crippen LogP contribution in [0, 0.1) is 0 Å². The monoisotopic (exact) mass is 240 g/mol. The lowest BCUT2D eigenvalue weighted by molar-refractivity contribution is -0.137. The molecule has 0 aliphatic rings. The van der Waals surface area contributed by atoms with Gasteiger partial charge in [0.15, 0.2) is 0 Å². The van der Waals surface area contributed by atoms with Crippen LogP contribution in [0.4, 0.5) is 4.79 Å². The Hall–Kier alpha value is -0.580. The van der Waals surface area contributed by atoms with Crippen LogP contribution in [0.3, 0.4) is 0 Å². The van der Waals surface area contributed by atoms with Crippen LogP contribution in [0.15, 0.2) is 0 Å². The third-order valence-electron chi connectivity index (χ3n) is 1.05. The Morgan fingerprint density at radius 3 is 2.20 bits per heavy atom. The van der Waals surface area contributed by atoms with Gasteiger partial charge in [-0.3, -0.25) is 9.09 Å². The fourth-order valence-corrected chi connectivity index (χ4v) is 1.70. The summed E-state index contributed by atoms with van der Waals surface area (Å²) >= 11 is 0. The zero-order valence-electron chi connectivity index (χ0n) is 9.51. The molecule has 90 valence electrons. The van der Waals surface area contributed by atoms with Gasteiger partial charge in [0, 0.05) is 20.5 Å². The quantitative estimate of drug-likeness (QED) is 0.460. The first-order valence-electron chi connectivity index (χ1n) is 4.42. The molecular weight excluding hydrogens is 223 g/mol. The van der Waals surface area contributed by atoms with E-state index < -0.39 is 19.5 Å². The second-order valence-corrected chi connectivity index (χ2v) is 5.60. The van der Waals surface area contributed by atoms with E-state index in [0.29, 0.717) is 0 Å². The smallest absolute Gasteiger partial charge is 0.432 e. The topological polar surface area (TPSA) is 82.1 Å². The number of hydrogen-bond acceptors (Lipinski definition) is 5. The lowest BCUT2D eigenvalue weighted by Gasteiger charge is -2.25. The summed E-state index contributed by atoms with van der Waals surface area (Å²) in [5.74, 6) is -1.50. The van der Waals surface area contributed by atoms with Crippen LogP contribution < -0.4 is 0 Å². The Morgan fingerprint density at radius 1 is 1.40 bits per heavy atom. The number of ether oxygens (including phenoxy) is 2. The zero-order chi connectivity index (χ0) is 12.3. The van der Waals surface area contributed by atoms with Gasteiger partial charge in [0.05, 0.1) is 6.10 Å². The predicted molar refractivity (Wildman–Crippen MR) is 53.6 cm³/mol. The zero-order valence-corrected chi connectivity index (χ0v) is 10.4. The predicted octanol–water partition coefficient (Wildman–Crippen LogP) is 2.12. The number of carbonyl (C=O) groups excluding carboxylic acids is 1. The van der Waals surface area contributed by atoms with Crippen LogP contribution in [0.1, 0.15) is 27.7 Å². The first-order chi connectivity index (χ1) is 6.52. The maximum absolute atomic E-state index is 11.1. The van der Waals surface area contributed by atoms with Crippen molar-refractivity contribution < 1.29 is 28.3 Å². The molecule has 1 unspecified atom stereocenters. The van der Waals surface area contributed by atoms with Crippen LogP contribution in [0.2, 0.25) is 0 Å². The fraction of sp³-hybridized carbons (Fsp3) is 0.875. The Morgan fingerprint density at radius 2 is 1.87 bits per heavy atom. The Kier molecular flexibility index (Phi) is 4.77. The summed E-state index contributed by atoms with van der Waals surface area (Å²) in [6.45, 7) is 7.02. The van der Waals surface area contributed by atoms with Crippen molar-refractivity contribution in [1.82, 2.24) is 0 Å². The molecule has 0 aliphatic heterocycles. The number of hydrogen-bond donors (Lipinski definition) is 1. The van der Waals surface area contributed by atoms with Crippen LogP contribution >= 0.6 is 7.60 Å². The van der Waals surface area contributed by atoms with Crippen molar-refractivity contribution in [3.8, 4) is 0 Å². The van der Waals surface area contributed by atoms with Gasteiger partial charge in [-0.05, 0) is 13.8 Å². The maximum Gasteiger partial charge on any atom is 0.511 e. The largest absolute Gasteiger partial charge is 0.511 e. The van der Waals surface area contributed by atoms with E-state index in [4.69, 9.17) is 9.63 Å². The van der Waals surface area contributed by atoms with E-state index in [9.17, 15) is 9.36 Å². The molecule has 0 radical (unpaired) electrons. The van der Waals surface area contributed by atoms with Crippen molar-refractivity contribution in [2.45, 2.75) is 39.6 Å². The summed E-state index contributed by atoms with van der Waals surface area (Å²) in [5.41, 5.74) is 0.